The quantitative estimate of drug-likeness (QED) is 0.611. The van der Waals surface area contributed by atoms with Crippen LogP contribution >= 0.6 is 0 Å². The van der Waals surface area contributed by atoms with E-state index in [0.717, 1.165) is 26.2 Å². The first-order valence-electron chi connectivity index (χ1n) is 10.8. The van der Waals surface area contributed by atoms with Gasteiger partial charge in [0.25, 0.3) is 0 Å². The van der Waals surface area contributed by atoms with Gasteiger partial charge in [0.2, 0.25) is 0 Å². The van der Waals surface area contributed by atoms with Crippen molar-refractivity contribution in [3.63, 3.8) is 0 Å². The van der Waals surface area contributed by atoms with E-state index in [1.807, 2.05) is 0 Å². The fourth-order valence-corrected chi connectivity index (χ4v) is 4.03. The van der Waals surface area contributed by atoms with E-state index in [9.17, 15) is 0 Å². The van der Waals surface area contributed by atoms with Gasteiger partial charge >= 0.3 is 0 Å². The number of hydrogen-bond acceptors (Lipinski definition) is 3. The van der Waals surface area contributed by atoms with E-state index in [1.165, 1.54) is 55.9 Å². The largest absolute Gasteiger partial charge is 0.373 e. The Morgan fingerprint density at radius 1 is 0.552 bits per heavy atom. The molecule has 1 N–H and O–H groups in total. The number of rotatable bonds is 8. The molecule has 2 rings (SSSR count). The number of nitrogens with one attached hydrogen (secondary N) is 1. The van der Waals surface area contributed by atoms with Gasteiger partial charge in [-0.1, -0.05) is 0 Å². The number of likely N-dealkylation sites (N-methyl/N-ethyl adjacent to an activating group) is 2. The van der Waals surface area contributed by atoms with Gasteiger partial charge in [-0.2, -0.15) is 0 Å². The summed E-state index contributed by atoms with van der Waals surface area (Å²) in [5.74, 6) is 0. The van der Waals surface area contributed by atoms with E-state index in [4.69, 9.17) is 0 Å². The van der Waals surface area contributed by atoms with E-state index in [1.54, 1.807) is 0 Å². The predicted molar refractivity (Wildman–Crippen MR) is 130 cm³/mol. The molecule has 0 aromatic heterocycles. The molecule has 0 saturated heterocycles. The lowest BCUT2D eigenvalue weighted by atomic mass is 9.97. The van der Waals surface area contributed by atoms with E-state index in [2.05, 4.69) is 96.7 Å². The highest BCUT2D eigenvalue weighted by molar-refractivity contribution is 5.61. The summed E-state index contributed by atoms with van der Waals surface area (Å²) in [5, 5.41) is 3.62. The van der Waals surface area contributed by atoms with Gasteiger partial charge in [0.1, 0.15) is 0 Å². The Kier molecular flexibility index (Phi) is 7.76. The Balaban J connectivity index is 1.88. The number of anilines is 2. The van der Waals surface area contributed by atoms with Crippen LogP contribution in [0.5, 0.6) is 0 Å². The highest BCUT2D eigenvalue weighted by atomic mass is 15.1. The molecule has 0 spiro atoms. The molecule has 0 saturated carbocycles. The Morgan fingerprint density at radius 3 is 1.24 bits per heavy atom. The highest BCUT2D eigenvalue weighted by Crippen LogP contribution is 2.28. The first-order valence-corrected chi connectivity index (χ1v) is 10.8. The Hall–Kier alpha value is -2.00. The van der Waals surface area contributed by atoms with Crippen LogP contribution in [0.2, 0.25) is 0 Å². The molecule has 0 aliphatic rings. The average Bonchev–Trinajstić information content (AvgIpc) is 2.69. The van der Waals surface area contributed by atoms with Crippen molar-refractivity contribution >= 4 is 11.4 Å². The second-order valence-corrected chi connectivity index (χ2v) is 8.77. The van der Waals surface area contributed by atoms with Crippen molar-refractivity contribution in [2.45, 2.75) is 55.4 Å². The van der Waals surface area contributed by atoms with Gasteiger partial charge in [-0.15, -0.1) is 0 Å². The molecule has 0 amide bonds. The Labute approximate surface area is 179 Å². The van der Waals surface area contributed by atoms with Gasteiger partial charge in [-0.25, -0.2) is 0 Å². The zero-order valence-electron chi connectivity index (χ0n) is 20.4. The maximum absolute atomic E-state index is 3.62. The lowest BCUT2D eigenvalue weighted by Crippen LogP contribution is -2.34. The van der Waals surface area contributed by atoms with Crippen LogP contribution in [0.15, 0.2) is 12.1 Å². The Bertz CT molecular complexity index is 796. The van der Waals surface area contributed by atoms with Crippen molar-refractivity contribution in [1.29, 1.82) is 0 Å². The second-order valence-electron chi connectivity index (χ2n) is 8.77. The van der Waals surface area contributed by atoms with Crippen molar-refractivity contribution in [3.05, 3.63) is 56.6 Å². The van der Waals surface area contributed by atoms with Crippen LogP contribution in [0.4, 0.5) is 11.4 Å². The van der Waals surface area contributed by atoms with Crippen LogP contribution in [0, 0.1) is 55.4 Å². The molecule has 2 aromatic carbocycles. The Morgan fingerprint density at radius 2 is 0.897 bits per heavy atom. The summed E-state index contributed by atoms with van der Waals surface area (Å²) in [6.07, 6.45) is 0. The smallest absolute Gasteiger partial charge is 0.0399 e. The molecule has 2 aromatic rings. The molecule has 160 valence electrons. The van der Waals surface area contributed by atoms with E-state index in [-0.39, 0.29) is 0 Å². The monoisotopic (exact) mass is 395 g/mol. The summed E-state index contributed by atoms with van der Waals surface area (Å²) < 4.78 is 0. The number of benzene rings is 2. The third-order valence-corrected chi connectivity index (χ3v) is 6.98. The molecule has 0 radical (unpaired) electrons. The molecule has 0 fully saturated rings. The van der Waals surface area contributed by atoms with Gasteiger partial charge in [-0.3, -0.25) is 0 Å². The number of nitrogens with zero attached hydrogens (tertiary/aromatic N) is 2. The molecule has 0 aliphatic carbocycles. The molecule has 3 heteroatoms. The van der Waals surface area contributed by atoms with Crippen LogP contribution in [-0.2, 0) is 0 Å². The average molecular weight is 396 g/mol. The van der Waals surface area contributed by atoms with E-state index < -0.39 is 0 Å². The third-order valence-electron chi connectivity index (χ3n) is 6.98. The van der Waals surface area contributed by atoms with Crippen LogP contribution in [0.25, 0.3) is 0 Å². The normalized spacial score (nSPS) is 11.1. The van der Waals surface area contributed by atoms with Gasteiger partial charge in [0.05, 0.1) is 0 Å². The molecular formula is C26H41N3. The summed E-state index contributed by atoms with van der Waals surface area (Å²) in [5.41, 5.74) is 13.9. The third kappa shape index (κ3) is 5.14. The zero-order chi connectivity index (χ0) is 21.9. The minimum atomic E-state index is 0.987. The van der Waals surface area contributed by atoms with Gasteiger partial charge in [-0.05, 0) is 112 Å². The number of hydrogen-bond donors (Lipinski definition) is 1. The minimum Gasteiger partial charge on any atom is -0.373 e. The predicted octanol–water partition coefficient (Wildman–Crippen LogP) is 5.32. The summed E-state index contributed by atoms with van der Waals surface area (Å²) >= 11 is 0. The first-order chi connectivity index (χ1) is 13.6. The fraction of sp³-hybridized carbons (Fsp3) is 0.538. The standard InChI is InChI=1S/C26H41N3/c1-17-15-25(23(7)21(5)19(17)3)28(9)13-11-27-12-14-29(10)26-16-18(2)20(4)22(6)24(26)8/h15-16,27H,11-14H2,1-10H3. The molecule has 3 nitrogen and oxygen atoms in total. The lowest BCUT2D eigenvalue weighted by molar-refractivity contribution is 0.669. The summed E-state index contributed by atoms with van der Waals surface area (Å²) in [6, 6.07) is 4.66. The van der Waals surface area contributed by atoms with Crippen molar-refractivity contribution in [2.24, 2.45) is 0 Å². The van der Waals surface area contributed by atoms with E-state index >= 15 is 0 Å². The van der Waals surface area contributed by atoms with Gasteiger partial charge < -0.3 is 15.1 Å². The summed E-state index contributed by atoms with van der Waals surface area (Å²) in [4.78, 5) is 4.75. The molecule has 29 heavy (non-hydrogen) atoms. The SMILES string of the molecule is Cc1cc(N(C)CCNCCN(C)c2cc(C)c(C)c(C)c2C)c(C)c(C)c1C. The lowest BCUT2D eigenvalue weighted by Gasteiger charge is -2.26. The molecule has 0 bridgehead atoms. The van der Waals surface area contributed by atoms with Crippen molar-refractivity contribution < 1.29 is 0 Å². The zero-order valence-corrected chi connectivity index (χ0v) is 20.4. The molecule has 0 atom stereocenters. The summed E-state index contributed by atoms with van der Waals surface area (Å²) in [6.45, 7) is 21.8. The molecule has 0 heterocycles. The molecule has 0 aliphatic heterocycles. The van der Waals surface area contributed by atoms with Crippen LogP contribution in [0.1, 0.15) is 44.5 Å². The first kappa shape index (κ1) is 23.3. The van der Waals surface area contributed by atoms with Crippen LogP contribution < -0.4 is 15.1 Å². The fourth-order valence-electron chi connectivity index (χ4n) is 4.03. The van der Waals surface area contributed by atoms with Crippen molar-refractivity contribution in [2.75, 3.05) is 50.1 Å². The van der Waals surface area contributed by atoms with Crippen LogP contribution in [0.3, 0.4) is 0 Å². The minimum absolute atomic E-state index is 0.987. The maximum atomic E-state index is 3.62. The number of aryl methyl sites for hydroxylation is 2. The van der Waals surface area contributed by atoms with Gasteiger partial charge in [0.15, 0.2) is 0 Å². The highest BCUT2D eigenvalue weighted by Gasteiger charge is 2.12. The topological polar surface area (TPSA) is 18.5 Å². The molecule has 0 unspecified atom stereocenters. The van der Waals surface area contributed by atoms with E-state index in [0.29, 0.717) is 0 Å². The van der Waals surface area contributed by atoms with Crippen molar-refractivity contribution in [3.8, 4) is 0 Å². The summed E-state index contributed by atoms with van der Waals surface area (Å²) in [7, 11) is 4.40. The van der Waals surface area contributed by atoms with Crippen LogP contribution in [-0.4, -0.2) is 40.3 Å². The van der Waals surface area contributed by atoms with Crippen molar-refractivity contribution in [1.82, 2.24) is 5.32 Å². The van der Waals surface area contributed by atoms with Gasteiger partial charge in [0, 0.05) is 51.6 Å². The maximum Gasteiger partial charge on any atom is 0.0399 e. The second kappa shape index (κ2) is 9.67. The molecular weight excluding hydrogens is 354 g/mol.